The summed E-state index contributed by atoms with van der Waals surface area (Å²) in [5, 5.41) is 19.4. The summed E-state index contributed by atoms with van der Waals surface area (Å²) in [6.07, 6.45) is 0.650. The van der Waals surface area contributed by atoms with Crippen molar-refractivity contribution in [2.24, 2.45) is 20.0 Å². The monoisotopic (exact) mass is 902 g/mol. The Labute approximate surface area is 398 Å². The van der Waals surface area contributed by atoms with Crippen molar-refractivity contribution in [3.63, 3.8) is 0 Å². The SMILES string of the molecule is CC(O)COc1nc(=Nc2ccccc2)[nH]c(=Nc2ccc(C=Cc3ccc(N=c4[nH]c(OCC(C)O)nc(=Nc5ccccc5)[nH]4)cc3S(=O)(=O)[O-])c(S(=O)(=O)[O-])c2)[nH]1.[Na+].[Na+]. The van der Waals surface area contributed by atoms with E-state index in [0.717, 1.165) is 24.3 Å². The Morgan fingerprint density at radius 1 is 0.581 bits per heavy atom. The first-order chi connectivity index (χ1) is 28.6. The second-order valence-corrected chi connectivity index (χ2v) is 15.5. The number of aliphatic hydroxyl groups excluding tert-OH is 2. The zero-order valence-corrected chi connectivity index (χ0v) is 39.3. The van der Waals surface area contributed by atoms with Gasteiger partial charge in [-0.1, -0.05) is 60.7 Å². The molecule has 6 rings (SSSR count). The molecule has 312 valence electrons. The van der Waals surface area contributed by atoms with Crippen LogP contribution in [0.4, 0.5) is 22.7 Å². The van der Waals surface area contributed by atoms with Gasteiger partial charge in [-0.15, -0.1) is 0 Å². The van der Waals surface area contributed by atoms with Crippen molar-refractivity contribution in [1.29, 1.82) is 0 Å². The summed E-state index contributed by atoms with van der Waals surface area (Å²) in [5.74, 6) is 0. The number of hydrogen-bond donors (Lipinski definition) is 6. The Balaban J connectivity index is 0.00000422. The fraction of sp³-hybridized carbons (Fsp3) is 0.158. The Kier molecular flexibility index (Phi) is 18.1. The number of hydrogen-bond acceptors (Lipinski definition) is 16. The van der Waals surface area contributed by atoms with Crippen molar-refractivity contribution in [2.75, 3.05) is 13.2 Å². The summed E-state index contributed by atoms with van der Waals surface area (Å²) in [4.78, 5) is 35.8. The van der Waals surface area contributed by atoms with Crippen molar-refractivity contribution < 1.29 is 105 Å². The minimum Gasteiger partial charge on any atom is -0.744 e. The second kappa shape index (κ2) is 22.5. The van der Waals surface area contributed by atoms with Crippen LogP contribution in [0.15, 0.2) is 127 Å². The maximum absolute atomic E-state index is 12.5. The molecule has 2 heterocycles. The van der Waals surface area contributed by atoms with Crippen molar-refractivity contribution in [3.05, 3.63) is 131 Å². The number of rotatable bonds is 14. The van der Waals surface area contributed by atoms with Crippen LogP contribution in [0.1, 0.15) is 25.0 Å². The average molecular weight is 903 g/mol. The smallest absolute Gasteiger partial charge is 0.744 e. The van der Waals surface area contributed by atoms with E-state index in [9.17, 15) is 36.2 Å². The number of H-pyrrole nitrogens is 4. The van der Waals surface area contributed by atoms with Crippen LogP contribution in [-0.4, -0.2) is 91.5 Å². The fourth-order valence-corrected chi connectivity index (χ4v) is 6.50. The van der Waals surface area contributed by atoms with E-state index < -0.39 is 42.2 Å². The molecule has 0 radical (unpaired) electrons. The summed E-state index contributed by atoms with van der Waals surface area (Å²) in [6.45, 7) is 2.77. The van der Waals surface area contributed by atoms with Crippen LogP contribution in [0, 0.1) is 0 Å². The van der Waals surface area contributed by atoms with Crippen LogP contribution in [0.3, 0.4) is 0 Å². The van der Waals surface area contributed by atoms with Gasteiger partial charge in [-0.3, -0.25) is 19.9 Å². The fourth-order valence-electron chi connectivity index (χ4n) is 5.12. The number of aromatic amines is 4. The van der Waals surface area contributed by atoms with Crippen LogP contribution in [0.5, 0.6) is 12.0 Å². The van der Waals surface area contributed by atoms with E-state index in [1.165, 1.54) is 38.1 Å². The number of ether oxygens (including phenoxy) is 2. The Morgan fingerprint density at radius 2 is 0.952 bits per heavy atom. The van der Waals surface area contributed by atoms with Crippen LogP contribution < -0.4 is 91.1 Å². The molecule has 4 aromatic carbocycles. The number of aliphatic hydroxyl groups is 2. The van der Waals surface area contributed by atoms with Crippen molar-refractivity contribution in [1.82, 2.24) is 29.9 Å². The van der Waals surface area contributed by atoms with Gasteiger partial charge in [0.1, 0.15) is 33.5 Å². The molecule has 0 saturated heterocycles. The van der Waals surface area contributed by atoms with Gasteiger partial charge in [-0.2, -0.15) is 9.97 Å². The average Bonchev–Trinajstić information content (AvgIpc) is 3.19. The molecular formula is C38H36N10Na2O10S2. The third kappa shape index (κ3) is 14.9. The predicted octanol–water partition coefficient (Wildman–Crippen LogP) is -3.78. The molecule has 0 aliphatic heterocycles. The van der Waals surface area contributed by atoms with E-state index in [1.807, 2.05) is 0 Å². The molecule has 0 amide bonds. The quantitative estimate of drug-likeness (QED) is 0.0349. The van der Waals surface area contributed by atoms with Gasteiger partial charge in [0.15, 0.2) is 0 Å². The van der Waals surface area contributed by atoms with E-state index in [1.54, 1.807) is 60.7 Å². The number of nitrogens with zero attached hydrogens (tertiary/aromatic N) is 6. The van der Waals surface area contributed by atoms with Crippen LogP contribution in [0.2, 0.25) is 0 Å². The molecule has 0 fully saturated rings. The first kappa shape index (κ1) is 49.8. The van der Waals surface area contributed by atoms with Gasteiger partial charge in [0, 0.05) is 0 Å². The van der Waals surface area contributed by atoms with Crippen LogP contribution in [-0.2, 0) is 20.2 Å². The van der Waals surface area contributed by atoms with Crippen LogP contribution in [0.25, 0.3) is 12.2 Å². The van der Waals surface area contributed by atoms with Crippen molar-refractivity contribution in [3.8, 4) is 12.0 Å². The Bertz CT molecular complexity index is 2820. The van der Waals surface area contributed by atoms with Gasteiger partial charge in [0.2, 0.25) is 22.5 Å². The summed E-state index contributed by atoms with van der Waals surface area (Å²) < 4.78 is 85.9. The molecule has 6 N–H and O–H groups in total. The molecule has 0 aliphatic carbocycles. The zero-order valence-electron chi connectivity index (χ0n) is 33.6. The molecule has 6 aromatic rings. The minimum absolute atomic E-state index is 0. The topological polar surface area (TPSA) is 312 Å². The summed E-state index contributed by atoms with van der Waals surface area (Å²) >= 11 is 0. The second-order valence-electron chi connectivity index (χ2n) is 12.8. The molecular weight excluding hydrogens is 867 g/mol. The van der Waals surface area contributed by atoms with E-state index in [4.69, 9.17) is 9.47 Å². The Morgan fingerprint density at radius 3 is 1.29 bits per heavy atom. The van der Waals surface area contributed by atoms with Crippen molar-refractivity contribution in [2.45, 2.75) is 35.8 Å². The molecule has 2 atom stereocenters. The molecule has 0 aliphatic rings. The molecule has 62 heavy (non-hydrogen) atoms. The third-order valence-electron chi connectivity index (χ3n) is 7.69. The molecule has 0 spiro atoms. The molecule has 2 unspecified atom stereocenters. The molecule has 24 heteroatoms. The Hall–Kier alpha value is -4.82. The molecule has 0 saturated carbocycles. The van der Waals surface area contributed by atoms with E-state index in [-0.39, 0.29) is 129 Å². The summed E-state index contributed by atoms with van der Waals surface area (Å²) in [7, 11) is -10.3. The van der Waals surface area contributed by atoms with Crippen LogP contribution >= 0.6 is 0 Å². The normalized spacial score (nSPS) is 14.0. The zero-order chi connectivity index (χ0) is 42.9. The van der Waals surface area contributed by atoms with E-state index >= 15 is 0 Å². The number of nitrogens with one attached hydrogen (secondary N) is 4. The molecule has 2 aromatic heterocycles. The minimum atomic E-state index is -5.15. The van der Waals surface area contributed by atoms with Gasteiger partial charge in [-0.05, 0) is 73.5 Å². The largest absolute Gasteiger partial charge is 1.00 e. The first-order valence-corrected chi connectivity index (χ1v) is 20.6. The number of para-hydroxylation sites is 2. The van der Waals surface area contributed by atoms with Gasteiger partial charge >= 0.3 is 59.1 Å². The first-order valence-electron chi connectivity index (χ1n) is 17.8. The summed E-state index contributed by atoms with van der Waals surface area (Å²) in [5.41, 5.74) is 0.840. The number of benzene rings is 4. The molecule has 20 nitrogen and oxygen atoms in total. The van der Waals surface area contributed by atoms with Gasteiger partial charge in [0.25, 0.3) is 12.0 Å². The molecule has 0 bridgehead atoms. The van der Waals surface area contributed by atoms with Gasteiger partial charge in [-0.25, -0.2) is 36.8 Å². The standard InChI is InChI=1S/C38H38N10O10S2.2Na/c1-23(49)21-57-37-45-33(39-27-9-5-3-6-10-27)43-35(47-37)41-29-17-15-25(31(19-29)59(51,52)53)13-14-26-16-18-30(20-32(26)60(54,55)56)42-36-44-34(40-28-11-7-4-8-12-28)46-38(48-36)58-22-24(2)50;;/h3-20,23-24,49-50H,21-22H2,1-2H3,(H,51,52,53)(H,54,55,56)(H2,39,41,43,45,47)(H2,40,42,44,46,48);;/q;2*+1/p-2. The van der Waals surface area contributed by atoms with Crippen molar-refractivity contribution >= 4 is 55.1 Å². The summed E-state index contributed by atoms with van der Waals surface area (Å²) in [6, 6.07) is 24.7. The maximum atomic E-state index is 12.5. The van der Waals surface area contributed by atoms with E-state index in [2.05, 4.69) is 49.9 Å². The predicted molar refractivity (Wildman–Crippen MR) is 212 cm³/mol. The third-order valence-corrected chi connectivity index (χ3v) is 9.47. The van der Waals surface area contributed by atoms with Gasteiger partial charge in [0.05, 0.1) is 44.7 Å². The maximum Gasteiger partial charge on any atom is 1.00 e. The van der Waals surface area contributed by atoms with Gasteiger partial charge < -0.3 is 28.8 Å². The number of aromatic nitrogens is 6. The van der Waals surface area contributed by atoms with E-state index in [0.29, 0.717) is 11.4 Å².